The molecule has 0 saturated heterocycles. The summed E-state index contributed by atoms with van der Waals surface area (Å²) in [4.78, 5) is 1.42. The number of fused-ring (bicyclic) bond motifs is 1. The van der Waals surface area contributed by atoms with E-state index in [1.165, 1.54) is 21.2 Å². The maximum atomic E-state index is 5.52. The first kappa shape index (κ1) is 14.1. The predicted molar refractivity (Wildman–Crippen MR) is 90.2 cm³/mol. The number of methoxy groups -OCH3 is 1. The normalized spacial score (nSPS) is 10.9. The highest BCUT2D eigenvalue weighted by atomic mass is 32.1. The first-order valence-electron chi connectivity index (χ1n) is 7.16. The van der Waals surface area contributed by atoms with Crippen LogP contribution in [0.15, 0.2) is 53.9 Å². The Hall–Kier alpha value is -1.84. The van der Waals surface area contributed by atoms with E-state index >= 15 is 0 Å². The lowest BCUT2D eigenvalue weighted by Crippen LogP contribution is -2.17. The maximum Gasteiger partial charge on any atom is 0.123 e. The summed E-state index contributed by atoms with van der Waals surface area (Å²) in [5.74, 6) is 0.956. The largest absolute Gasteiger partial charge is 0.496 e. The Morgan fingerprint density at radius 3 is 2.76 bits per heavy atom. The molecule has 0 aliphatic heterocycles. The van der Waals surface area contributed by atoms with E-state index in [9.17, 15) is 0 Å². The number of ether oxygens (including phenoxy) is 1. The average Bonchev–Trinajstić information content (AvgIpc) is 3.04. The molecular formula is C18H19NOS. The van der Waals surface area contributed by atoms with Gasteiger partial charge in [-0.25, -0.2) is 0 Å². The van der Waals surface area contributed by atoms with Crippen LogP contribution >= 0.6 is 11.3 Å². The van der Waals surface area contributed by atoms with E-state index < -0.39 is 0 Å². The first-order valence-corrected chi connectivity index (χ1v) is 8.04. The molecule has 2 nitrogen and oxygen atoms in total. The molecule has 0 amide bonds. The van der Waals surface area contributed by atoms with Crippen molar-refractivity contribution in [1.82, 2.24) is 5.32 Å². The zero-order valence-corrected chi connectivity index (χ0v) is 13.0. The Bertz CT molecular complexity index is 706. The van der Waals surface area contributed by atoms with Gasteiger partial charge in [-0.05, 0) is 34.7 Å². The van der Waals surface area contributed by atoms with E-state index in [2.05, 4.69) is 59.2 Å². The Balaban J connectivity index is 1.72. The minimum Gasteiger partial charge on any atom is -0.496 e. The van der Waals surface area contributed by atoms with Crippen molar-refractivity contribution in [2.75, 3.05) is 13.7 Å². The van der Waals surface area contributed by atoms with Gasteiger partial charge in [0.05, 0.1) is 7.11 Å². The third-order valence-corrected chi connectivity index (χ3v) is 4.58. The van der Waals surface area contributed by atoms with Crippen LogP contribution in [0.2, 0.25) is 0 Å². The van der Waals surface area contributed by atoms with Crippen LogP contribution in [-0.4, -0.2) is 13.7 Å². The molecule has 1 N–H and O–H groups in total. The zero-order valence-electron chi connectivity index (χ0n) is 12.1. The van der Waals surface area contributed by atoms with Gasteiger partial charge >= 0.3 is 0 Å². The lowest BCUT2D eigenvalue weighted by Gasteiger charge is -2.13. The number of thiophene rings is 1. The molecule has 3 aromatic rings. The molecule has 108 valence electrons. The predicted octanol–water partition coefficient (Wildman–Crippen LogP) is 4.24. The second-order valence-corrected chi connectivity index (χ2v) is 6.01. The molecule has 0 fully saturated rings. The molecule has 0 unspecified atom stereocenters. The average molecular weight is 297 g/mol. The van der Waals surface area contributed by atoms with Crippen molar-refractivity contribution in [1.29, 1.82) is 0 Å². The topological polar surface area (TPSA) is 21.3 Å². The minimum absolute atomic E-state index is 0.829. The van der Waals surface area contributed by atoms with Crippen LogP contribution in [0.25, 0.3) is 10.8 Å². The number of benzene rings is 2. The van der Waals surface area contributed by atoms with Gasteiger partial charge in [0.2, 0.25) is 0 Å². The van der Waals surface area contributed by atoms with Crippen LogP contribution in [0.5, 0.6) is 5.75 Å². The zero-order chi connectivity index (χ0) is 14.5. The molecule has 0 aliphatic carbocycles. The smallest absolute Gasteiger partial charge is 0.123 e. The Morgan fingerprint density at radius 1 is 1.05 bits per heavy atom. The van der Waals surface area contributed by atoms with Crippen molar-refractivity contribution in [3.63, 3.8) is 0 Å². The molecule has 0 saturated carbocycles. The summed E-state index contributed by atoms with van der Waals surface area (Å²) in [7, 11) is 1.74. The minimum atomic E-state index is 0.829. The highest BCUT2D eigenvalue weighted by Gasteiger charge is 2.07. The highest BCUT2D eigenvalue weighted by Crippen LogP contribution is 2.27. The molecule has 0 atom stereocenters. The van der Waals surface area contributed by atoms with Crippen LogP contribution < -0.4 is 10.1 Å². The van der Waals surface area contributed by atoms with E-state index in [0.29, 0.717) is 0 Å². The van der Waals surface area contributed by atoms with Crippen molar-refractivity contribution < 1.29 is 4.74 Å². The van der Waals surface area contributed by atoms with Crippen molar-refractivity contribution in [2.45, 2.75) is 13.0 Å². The van der Waals surface area contributed by atoms with Crippen molar-refractivity contribution in [2.24, 2.45) is 0 Å². The van der Waals surface area contributed by atoms with Gasteiger partial charge < -0.3 is 10.1 Å². The van der Waals surface area contributed by atoms with Gasteiger partial charge in [-0.1, -0.05) is 36.4 Å². The molecule has 0 radical (unpaired) electrons. The fraction of sp³-hybridized carbons (Fsp3) is 0.222. The fourth-order valence-electron chi connectivity index (χ4n) is 2.57. The van der Waals surface area contributed by atoms with E-state index in [1.807, 2.05) is 11.3 Å². The van der Waals surface area contributed by atoms with Gasteiger partial charge in [-0.15, -0.1) is 11.3 Å². The number of rotatable bonds is 6. The van der Waals surface area contributed by atoms with E-state index in [4.69, 9.17) is 4.74 Å². The highest BCUT2D eigenvalue weighted by molar-refractivity contribution is 7.09. The molecule has 3 heteroatoms. The number of nitrogens with one attached hydrogen (secondary N) is 1. The van der Waals surface area contributed by atoms with Crippen LogP contribution in [0.3, 0.4) is 0 Å². The third-order valence-electron chi connectivity index (χ3n) is 3.65. The fourth-order valence-corrected chi connectivity index (χ4v) is 3.28. The summed E-state index contributed by atoms with van der Waals surface area (Å²) < 4.78 is 5.52. The quantitative estimate of drug-likeness (QED) is 0.687. The summed E-state index contributed by atoms with van der Waals surface area (Å²) in [5, 5.41) is 8.18. The second kappa shape index (κ2) is 6.74. The van der Waals surface area contributed by atoms with Gasteiger partial charge in [0.25, 0.3) is 0 Å². The summed E-state index contributed by atoms with van der Waals surface area (Å²) in [6.45, 7) is 1.81. The number of hydrogen-bond acceptors (Lipinski definition) is 3. The molecule has 1 heterocycles. The summed E-state index contributed by atoms with van der Waals surface area (Å²) in [5.41, 5.74) is 1.24. The van der Waals surface area contributed by atoms with Gasteiger partial charge in [-0.2, -0.15) is 0 Å². The van der Waals surface area contributed by atoms with Crippen LogP contribution in [0, 0.1) is 0 Å². The molecular weight excluding hydrogens is 278 g/mol. The summed E-state index contributed by atoms with van der Waals surface area (Å²) in [6.07, 6.45) is 1.07. The van der Waals surface area contributed by atoms with Crippen LogP contribution in [0.4, 0.5) is 0 Å². The lowest BCUT2D eigenvalue weighted by atomic mass is 10.0. The van der Waals surface area contributed by atoms with Crippen molar-refractivity contribution in [3.05, 3.63) is 64.4 Å². The molecule has 0 spiro atoms. The van der Waals surface area contributed by atoms with E-state index in [-0.39, 0.29) is 0 Å². The molecule has 0 bridgehead atoms. The standard InChI is InChI=1S/C18H19NOS/c1-20-18-9-8-14-5-2-3-7-16(14)17(18)13-19-11-10-15-6-4-12-21-15/h2-9,12,19H,10-11,13H2,1H3. The van der Waals surface area contributed by atoms with Gasteiger partial charge in [0, 0.05) is 23.5 Å². The number of hydrogen-bond donors (Lipinski definition) is 1. The lowest BCUT2D eigenvalue weighted by molar-refractivity contribution is 0.409. The van der Waals surface area contributed by atoms with Gasteiger partial charge in [0.1, 0.15) is 5.75 Å². The molecule has 21 heavy (non-hydrogen) atoms. The Labute approximate surface area is 129 Å². The van der Waals surface area contributed by atoms with E-state index in [1.54, 1.807) is 7.11 Å². The van der Waals surface area contributed by atoms with Gasteiger partial charge in [0.15, 0.2) is 0 Å². The first-order chi connectivity index (χ1) is 10.4. The summed E-state index contributed by atoms with van der Waals surface area (Å²) >= 11 is 1.81. The second-order valence-electron chi connectivity index (χ2n) is 4.97. The molecule has 3 rings (SSSR count). The SMILES string of the molecule is COc1ccc2ccccc2c1CNCCc1cccs1. The van der Waals surface area contributed by atoms with Gasteiger partial charge in [-0.3, -0.25) is 0 Å². The maximum absolute atomic E-state index is 5.52. The third kappa shape index (κ3) is 3.26. The molecule has 0 aliphatic rings. The molecule has 2 aromatic carbocycles. The Morgan fingerprint density at radius 2 is 1.95 bits per heavy atom. The van der Waals surface area contributed by atoms with E-state index in [0.717, 1.165) is 25.3 Å². The molecule has 1 aromatic heterocycles. The van der Waals surface area contributed by atoms with Crippen molar-refractivity contribution >= 4 is 22.1 Å². The monoisotopic (exact) mass is 297 g/mol. The van der Waals surface area contributed by atoms with Crippen LogP contribution in [-0.2, 0) is 13.0 Å². The van der Waals surface area contributed by atoms with Crippen molar-refractivity contribution in [3.8, 4) is 5.75 Å². The summed E-state index contributed by atoms with van der Waals surface area (Å²) in [6, 6.07) is 16.9. The Kier molecular flexibility index (Phi) is 4.53. The van der Waals surface area contributed by atoms with Crippen LogP contribution in [0.1, 0.15) is 10.4 Å².